The summed E-state index contributed by atoms with van der Waals surface area (Å²) in [5.74, 6) is 0.857. The molecule has 1 saturated heterocycles. The fourth-order valence-corrected chi connectivity index (χ4v) is 2.97. The molecular weight excluding hydrogens is 314 g/mol. The van der Waals surface area contributed by atoms with Crippen LogP contribution in [0.3, 0.4) is 0 Å². The highest BCUT2D eigenvalue weighted by Gasteiger charge is 2.11. The summed E-state index contributed by atoms with van der Waals surface area (Å²) >= 11 is 0. The van der Waals surface area contributed by atoms with E-state index >= 15 is 0 Å². The average molecular weight is 335 g/mol. The zero-order chi connectivity index (χ0) is 16.9. The van der Waals surface area contributed by atoms with Crippen LogP contribution in [0.4, 0.5) is 5.69 Å². The zero-order valence-electron chi connectivity index (χ0n) is 14.0. The van der Waals surface area contributed by atoms with E-state index in [1.807, 2.05) is 30.5 Å². The first-order chi connectivity index (χ1) is 12.4. The number of imidazole rings is 1. The zero-order valence-corrected chi connectivity index (χ0v) is 14.0. The molecular formula is C20H21N3O2. The van der Waals surface area contributed by atoms with E-state index in [-0.39, 0.29) is 0 Å². The van der Waals surface area contributed by atoms with Gasteiger partial charge in [-0.1, -0.05) is 12.1 Å². The van der Waals surface area contributed by atoms with E-state index in [0.717, 1.165) is 43.3 Å². The van der Waals surface area contributed by atoms with Gasteiger partial charge >= 0.3 is 0 Å². The van der Waals surface area contributed by atoms with Gasteiger partial charge in [0.2, 0.25) is 0 Å². The van der Waals surface area contributed by atoms with Crippen LogP contribution in [0.1, 0.15) is 5.56 Å². The maximum absolute atomic E-state index is 5.94. The second-order valence-electron chi connectivity index (χ2n) is 6.04. The Balaban J connectivity index is 1.39. The fraction of sp³-hybridized carbons (Fsp3) is 0.250. The molecule has 0 unspecified atom stereocenters. The Morgan fingerprint density at radius 1 is 1.08 bits per heavy atom. The maximum Gasteiger partial charge on any atom is 0.119 e. The van der Waals surface area contributed by atoms with Crippen molar-refractivity contribution < 1.29 is 9.47 Å². The topological polar surface area (TPSA) is 50.4 Å². The number of aromatic amines is 1. The third kappa shape index (κ3) is 3.83. The van der Waals surface area contributed by atoms with Gasteiger partial charge < -0.3 is 19.4 Å². The minimum absolute atomic E-state index is 0.555. The van der Waals surface area contributed by atoms with Crippen molar-refractivity contribution in [3.63, 3.8) is 0 Å². The Labute approximate surface area is 147 Å². The molecule has 1 fully saturated rings. The summed E-state index contributed by atoms with van der Waals surface area (Å²) in [5.41, 5.74) is 4.41. The molecule has 2 aromatic carbocycles. The summed E-state index contributed by atoms with van der Waals surface area (Å²) in [6.45, 7) is 4.03. The number of H-pyrrole nitrogens is 1. The number of rotatable bonds is 5. The van der Waals surface area contributed by atoms with E-state index in [0.29, 0.717) is 6.61 Å². The SMILES string of the molecule is c1cc(COc2ccc(-c3c[nH]cn3)cc2)cc(N2CCOCC2)c1. The van der Waals surface area contributed by atoms with Crippen LogP contribution < -0.4 is 9.64 Å². The Morgan fingerprint density at radius 2 is 1.92 bits per heavy atom. The Kier molecular flexibility index (Phi) is 4.65. The van der Waals surface area contributed by atoms with E-state index < -0.39 is 0 Å². The fourth-order valence-electron chi connectivity index (χ4n) is 2.97. The molecule has 128 valence electrons. The molecule has 0 radical (unpaired) electrons. The number of benzene rings is 2. The van der Waals surface area contributed by atoms with Gasteiger partial charge in [0, 0.05) is 30.5 Å². The predicted molar refractivity (Wildman–Crippen MR) is 97.8 cm³/mol. The molecule has 3 aromatic rings. The standard InChI is InChI=1S/C20H21N3O2/c1-2-16(12-18(3-1)23-8-10-24-11-9-23)14-25-19-6-4-17(5-7-19)20-13-21-15-22-20/h1-7,12-13,15H,8-11,14H2,(H,21,22). The van der Waals surface area contributed by atoms with Gasteiger partial charge in [-0.15, -0.1) is 0 Å². The highest BCUT2D eigenvalue weighted by Crippen LogP contribution is 2.22. The molecule has 5 heteroatoms. The molecule has 2 heterocycles. The lowest BCUT2D eigenvalue weighted by Gasteiger charge is -2.29. The van der Waals surface area contributed by atoms with Crippen LogP contribution in [0.25, 0.3) is 11.3 Å². The Hall–Kier alpha value is -2.79. The molecule has 0 atom stereocenters. The van der Waals surface area contributed by atoms with Crippen LogP contribution in [0.15, 0.2) is 61.1 Å². The van der Waals surface area contributed by atoms with Gasteiger partial charge in [0.25, 0.3) is 0 Å². The number of ether oxygens (including phenoxy) is 2. The third-order valence-corrected chi connectivity index (χ3v) is 4.34. The smallest absolute Gasteiger partial charge is 0.119 e. The van der Waals surface area contributed by atoms with Crippen LogP contribution in [-0.4, -0.2) is 36.3 Å². The number of aromatic nitrogens is 2. The van der Waals surface area contributed by atoms with Crippen LogP contribution in [0, 0.1) is 0 Å². The number of nitrogens with zero attached hydrogens (tertiary/aromatic N) is 2. The van der Waals surface area contributed by atoms with E-state index in [1.54, 1.807) is 6.33 Å². The van der Waals surface area contributed by atoms with Gasteiger partial charge in [0.05, 0.1) is 25.2 Å². The highest BCUT2D eigenvalue weighted by molar-refractivity contribution is 5.59. The number of hydrogen-bond donors (Lipinski definition) is 1. The summed E-state index contributed by atoms with van der Waals surface area (Å²) in [5, 5.41) is 0. The molecule has 0 saturated carbocycles. The first-order valence-corrected chi connectivity index (χ1v) is 8.52. The lowest BCUT2D eigenvalue weighted by Crippen LogP contribution is -2.36. The van der Waals surface area contributed by atoms with E-state index in [1.165, 1.54) is 11.3 Å². The summed E-state index contributed by atoms with van der Waals surface area (Å²) < 4.78 is 11.4. The van der Waals surface area contributed by atoms with Gasteiger partial charge in [0.15, 0.2) is 0 Å². The monoisotopic (exact) mass is 335 g/mol. The van der Waals surface area contributed by atoms with Gasteiger partial charge in [-0.3, -0.25) is 0 Å². The number of anilines is 1. The molecule has 0 spiro atoms. The third-order valence-electron chi connectivity index (χ3n) is 4.34. The van der Waals surface area contributed by atoms with Gasteiger partial charge in [-0.05, 0) is 42.0 Å². The van der Waals surface area contributed by atoms with Crippen molar-refractivity contribution in [2.75, 3.05) is 31.2 Å². The van der Waals surface area contributed by atoms with Crippen LogP contribution >= 0.6 is 0 Å². The first-order valence-electron chi connectivity index (χ1n) is 8.52. The van der Waals surface area contributed by atoms with E-state index in [9.17, 15) is 0 Å². The molecule has 0 amide bonds. The number of hydrogen-bond acceptors (Lipinski definition) is 4. The highest BCUT2D eigenvalue weighted by atomic mass is 16.5. The molecule has 0 bridgehead atoms. The number of morpholine rings is 1. The molecule has 5 nitrogen and oxygen atoms in total. The van der Waals surface area contributed by atoms with Gasteiger partial charge in [-0.2, -0.15) is 0 Å². The minimum atomic E-state index is 0.555. The van der Waals surface area contributed by atoms with Crippen molar-refractivity contribution >= 4 is 5.69 Å². The first kappa shape index (κ1) is 15.7. The minimum Gasteiger partial charge on any atom is -0.489 e. The van der Waals surface area contributed by atoms with Gasteiger partial charge in [-0.25, -0.2) is 4.98 Å². The normalized spacial score (nSPS) is 14.5. The Bertz CT molecular complexity index is 794. The summed E-state index contributed by atoms with van der Waals surface area (Å²) in [7, 11) is 0. The van der Waals surface area contributed by atoms with Crippen LogP contribution in [0.2, 0.25) is 0 Å². The van der Waals surface area contributed by atoms with Crippen LogP contribution in [0.5, 0.6) is 5.75 Å². The second-order valence-corrected chi connectivity index (χ2v) is 6.04. The Morgan fingerprint density at radius 3 is 2.68 bits per heavy atom. The molecule has 4 rings (SSSR count). The number of nitrogens with one attached hydrogen (secondary N) is 1. The van der Waals surface area contributed by atoms with E-state index in [2.05, 4.69) is 39.1 Å². The summed E-state index contributed by atoms with van der Waals surface area (Å²) in [6.07, 6.45) is 3.56. The van der Waals surface area contributed by atoms with Crippen molar-refractivity contribution in [1.29, 1.82) is 0 Å². The van der Waals surface area contributed by atoms with Crippen molar-refractivity contribution in [2.45, 2.75) is 6.61 Å². The van der Waals surface area contributed by atoms with Gasteiger partial charge in [0.1, 0.15) is 12.4 Å². The average Bonchev–Trinajstić information content (AvgIpc) is 3.23. The molecule has 25 heavy (non-hydrogen) atoms. The molecule has 0 aliphatic carbocycles. The summed E-state index contributed by atoms with van der Waals surface area (Å²) in [4.78, 5) is 9.57. The maximum atomic E-state index is 5.94. The van der Waals surface area contributed by atoms with Crippen molar-refractivity contribution in [2.24, 2.45) is 0 Å². The van der Waals surface area contributed by atoms with Crippen molar-refractivity contribution in [3.8, 4) is 17.0 Å². The van der Waals surface area contributed by atoms with Crippen molar-refractivity contribution in [1.82, 2.24) is 9.97 Å². The van der Waals surface area contributed by atoms with E-state index in [4.69, 9.17) is 9.47 Å². The molecule has 1 aliphatic heterocycles. The quantitative estimate of drug-likeness (QED) is 0.775. The van der Waals surface area contributed by atoms with Crippen molar-refractivity contribution in [3.05, 3.63) is 66.6 Å². The summed E-state index contributed by atoms with van der Waals surface area (Å²) in [6, 6.07) is 16.5. The lowest BCUT2D eigenvalue weighted by molar-refractivity contribution is 0.122. The van der Waals surface area contributed by atoms with Crippen LogP contribution in [-0.2, 0) is 11.3 Å². The lowest BCUT2D eigenvalue weighted by atomic mass is 10.1. The second kappa shape index (κ2) is 7.40. The largest absolute Gasteiger partial charge is 0.489 e. The molecule has 1 aromatic heterocycles. The molecule has 1 N–H and O–H groups in total. The predicted octanol–water partition coefficient (Wildman–Crippen LogP) is 3.49. The molecule has 1 aliphatic rings.